The number of nitro groups is 1. The lowest BCUT2D eigenvalue weighted by Crippen LogP contribution is -2.30. The summed E-state index contributed by atoms with van der Waals surface area (Å²) >= 11 is 0. The van der Waals surface area contributed by atoms with E-state index in [0.29, 0.717) is 17.8 Å². The Kier molecular flexibility index (Phi) is 5.47. The van der Waals surface area contributed by atoms with Gasteiger partial charge in [-0.3, -0.25) is 14.8 Å². The number of nitrogens with zero attached hydrogens (tertiary/aromatic N) is 3. The molecule has 0 saturated heterocycles. The summed E-state index contributed by atoms with van der Waals surface area (Å²) in [6.45, 7) is 10.7. The first-order valence-electron chi connectivity index (χ1n) is 6.84. The van der Waals surface area contributed by atoms with Gasteiger partial charge >= 0.3 is 5.69 Å². The van der Waals surface area contributed by atoms with Gasteiger partial charge in [-0.2, -0.15) is 5.10 Å². The summed E-state index contributed by atoms with van der Waals surface area (Å²) in [4.78, 5) is 10.9. The Hall–Kier alpha value is -1.43. The van der Waals surface area contributed by atoms with Crippen LogP contribution in [-0.4, -0.2) is 27.3 Å². The molecule has 0 radical (unpaired) electrons. The maximum Gasteiger partial charge on any atom is 0.313 e. The van der Waals surface area contributed by atoms with Crippen LogP contribution in [0.4, 0.5) is 5.69 Å². The Morgan fingerprint density at radius 3 is 2.53 bits per heavy atom. The van der Waals surface area contributed by atoms with E-state index in [-0.39, 0.29) is 22.7 Å². The van der Waals surface area contributed by atoms with Crippen molar-refractivity contribution in [3.05, 3.63) is 21.5 Å². The second kappa shape index (κ2) is 6.65. The van der Waals surface area contributed by atoms with Crippen molar-refractivity contribution >= 4 is 5.69 Å². The van der Waals surface area contributed by atoms with Gasteiger partial charge < -0.3 is 5.32 Å². The lowest BCUT2D eigenvalue weighted by Gasteiger charge is -2.15. The predicted molar refractivity (Wildman–Crippen MR) is 75.5 cm³/mol. The molecular weight excluding hydrogens is 244 g/mol. The molecule has 6 nitrogen and oxygen atoms in total. The maximum atomic E-state index is 11.2. The van der Waals surface area contributed by atoms with Crippen molar-refractivity contribution in [2.45, 2.75) is 59.5 Å². The second-order valence-corrected chi connectivity index (χ2v) is 5.24. The third-order valence-electron chi connectivity index (χ3n) is 3.06. The Balaban J connectivity index is 3.05. The van der Waals surface area contributed by atoms with E-state index in [1.54, 1.807) is 11.6 Å². The highest BCUT2D eigenvalue weighted by atomic mass is 16.6. The van der Waals surface area contributed by atoms with Crippen LogP contribution in [0.15, 0.2) is 0 Å². The zero-order valence-electron chi connectivity index (χ0n) is 12.4. The highest BCUT2D eigenvalue weighted by Gasteiger charge is 2.27. The molecule has 1 rings (SSSR count). The fourth-order valence-electron chi connectivity index (χ4n) is 2.19. The molecule has 0 saturated carbocycles. The minimum absolute atomic E-state index is 0.126. The van der Waals surface area contributed by atoms with Gasteiger partial charge in [0.15, 0.2) is 0 Å². The van der Waals surface area contributed by atoms with E-state index in [2.05, 4.69) is 17.3 Å². The minimum atomic E-state index is -0.316. The van der Waals surface area contributed by atoms with E-state index in [4.69, 9.17) is 0 Å². The van der Waals surface area contributed by atoms with Crippen molar-refractivity contribution in [2.24, 2.45) is 0 Å². The zero-order chi connectivity index (χ0) is 14.6. The largest absolute Gasteiger partial charge is 0.314 e. The average molecular weight is 268 g/mol. The molecule has 0 amide bonds. The van der Waals surface area contributed by atoms with Crippen molar-refractivity contribution in [1.29, 1.82) is 0 Å². The summed E-state index contributed by atoms with van der Waals surface area (Å²) in [7, 11) is 0. The van der Waals surface area contributed by atoms with Gasteiger partial charge in [0.05, 0.1) is 4.92 Å². The smallest absolute Gasteiger partial charge is 0.313 e. The van der Waals surface area contributed by atoms with Crippen molar-refractivity contribution < 1.29 is 4.92 Å². The summed E-state index contributed by atoms with van der Waals surface area (Å²) in [6.07, 6.45) is 1.67. The fraction of sp³-hybridized carbons (Fsp3) is 0.769. The first-order chi connectivity index (χ1) is 8.88. The van der Waals surface area contributed by atoms with E-state index in [1.807, 2.05) is 20.8 Å². The Labute approximate surface area is 114 Å². The predicted octanol–water partition coefficient (Wildman–Crippen LogP) is 2.61. The highest BCUT2D eigenvalue weighted by Crippen LogP contribution is 2.26. The van der Waals surface area contributed by atoms with Crippen molar-refractivity contribution in [1.82, 2.24) is 15.1 Å². The van der Waals surface area contributed by atoms with Gasteiger partial charge in [0.1, 0.15) is 11.4 Å². The van der Waals surface area contributed by atoms with Gasteiger partial charge in [-0.1, -0.05) is 6.92 Å². The summed E-state index contributed by atoms with van der Waals surface area (Å²) in [5.74, 6) is 0. The number of aromatic nitrogens is 2. The van der Waals surface area contributed by atoms with Gasteiger partial charge in [-0.25, -0.2) is 0 Å². The molecule has 1 heterocycles. The molecule has 1 N–H and O–H groups in total. The van der Waals surface area contributed by atoms with Crippen LogP contribution in [0.5, 0.6) is 0 Å². The Morgan fingerprint density at radius 1 is 1.42 bits per heavy atom. The molecule has 0 aliphatic rings. The van der Waals surface area contributed by atoms with Gasteiger partial charge in [0.2, 0.25) is 0 Å². The third kappa shape index (κ3) is 3.76. The maximum absolute atomic E-state index is 11.2. The number of nitrogens with one attached hydrogen (secondary N) is 1. The summed E-state index contributed by atoms with van der Waals surface area (Å²) < 4.78 is 1.78. The third-order valence-corrected chi connectivity index (χ3v) is 3.06. The molecule has 19 heavy (non-hydrogen) atoms. The summed E-state index contributed by atoms with van der Waals surface area (Å²) in [6, 6.07) is 0.327. The second-order valence-electron chi connectivity index (χ2n) is 5.24. The molecule has 0 bridgehead atoms. The van der Waals surface area contributed by atoms with Gasteiger partial charge in [-0.05, 0) is 40.7 Å². The van der Waals surface area contributed by atoms with Gasteiger partial charge in [-0.15, -0.1) is 0 Å². The lowest BCUT2D eigenvalue weighted by atomic mass is 10.1. The molecule has 1 atom stereocenters. The molecule has 6 heteroatoms. The topological polar surface area (TPSA) is 73.0 Å². The van der Waals surface area contributed by atoms with Crippen LogP contribution in [0.25, 0.3) is 0 Å². The number of aryl methyl sites for hydroxylation is 1. The van der Waals surface area contributed by atoms with Crippen LogP contribution in [0.1, 0.15) is 51.5 Å². The monoisotopic (exact) mass is 268 g/mol. The van der Waals surface area contributed by atoms with Gasteiger partial charge in [0.25, 0.3) is 0 Å². The van der Waals surface area contributed by atoms with Gasteiger partial charge in [0, 0.05) is 18.5 Å². The molecular formula is C13H24N4O2. The Morgan fingerprint density at radius 2 is 2.05 bits per heavy atom. The van der Waals surface area contributed by atoms with Crippen LogP contribution in [0, 0.1) is 17.0 Å². The molecule has 0 spiro atoms. The standard InChI is InChI=1S/C13H24N4O2/c1-6-7-14-10(4)8-12-13(17(18)19)11(5)15-16(12)9(2)3/h9-10,14H,6-8H2,1-5H3. The summed E-state index contributed by atoms with van der Waals surface area (Å²) in [5.41, 5.74) is 1.38. The lowest BCUT2D eigenvalue weighted by molar-refractivity contribution is -0.386. The molecule has 0 aliphatic heterocycles. The SMILES string of the molecule is CCCNC(C)Cc1c([N+](=O)[O-])c(C)nn1C(C)C. The first-order valence-corrected chi connectivity index (χ1v) is 6.84. The van der Waals surface area contributed by atoms with E-state index in [1.165, 1.54) is 0 Å². The fourth-order valence-corrected chi connectivity index (χ4v) is 2.19. The zero-order valence-corrected chi connectivity index (χ0v) is 12.4. The Bertz CT molecular complexity index is 440. The quantitative estimate of drug-likeness (QED) is 0.609. The van der Waals surface area contributed by atoms with Crippen molar-refractivity contribution in [2.75, 3.05) is 6.54 Å². The van der Waals surface area contributed by atoms with E-state index in [9.17, 15) is 10.1 Å². The summed E-state index contributed by atoms with van der Waals surface area (Å²) in [5, 5.41) is 18.9. The van der Waals surface area contributed by atoms with Crippen molar-refractivity contribution in [3.8, 4) is 0 Å². The van der Waals surface area contributed by atoms with Crippen molar-refractivity contribution in [3.63, 3.8) is 0 Å². The average Bonchev–Trinajstić information content (AvgIpc) is 2.63. The number of rotatable bonds is 7. The highest BCUT2D eigenvalue weighted by molar-refractivity contribution is 5.41. The molecule has 1 aromatic rings. The van der Waals surface area contributed by atoms with E-state index in [0.717, 1.165) is 13.0 Å². The van der Waals surface area contributed by atoms with Crippen LogP contribution < -0.4 is 5.32 Å². The normalized spacial score (nSPS) is 12.9. The first kappa shape index (κ1) is 15.6. The molecule has 0 fully saturated rings. The number of hydrogen-bond acceptors (Lipinski definition) is 4. The molecule has 0 aromatic carbocycles. The number of hydrogen-bond donors (Lipinski definition) is 1. The molecule has 1 aromatic heterocycles. The molecule has 108 valence electrons. The molecule has 0 aliphatic carbocycles. The van der Waals surface area contributed by atoms with E-state index < -0.39 is 0 Å². The van der Waals surface area contributed by atoms with Crippen LogP contribution in [0.3, 0.4) is 0 Å². The minimum Gasteiger partial charge on any atom is -0.314 e. The molecule has 1 unspecified atom stereocenters. The van der Waals surface area contributed by atoms with Crippen LogP contribution in [-0.2, 0) is 6.42 Å². The van der Waals surface area contributed by atoms with E-state index >= 15 is 0 Å². The van der Waals surface area contributed by atoms with Crippen LogP contribution in [0.2, 0.25) is 0 Å². The van der Waals surface area contributed by atoms with Crippen LogP contribution >= 0.6 is 0 Å².